The first-order valence-corrected chi connectivity index (χ1v) is 3.84. The van der Waals surface area contributed by atoms with Crippen molar-refractivity contribution in [3.63, 3.8) is 0 Å². The SMILES string of the molecule is O=C(O)c1cc(F)cnc1NCCF. The van der Waals surface area contributed by atoms with Crippen molar-refractivity contribution < 1.29 is 18.7 Å². The lowest BCUT2D eigenvalue weighted by molar-refractivity contribution is 0.0697. The summed E-state index contributed by atoms with van der Waals surface area (Å²) >= 11 is 0. The lowest BCUT2D eigenvalue weighted by Crippen LogP contribution is -2.10. The average Bonchev–Trinajstić information content (AvgIpc) is 2.15. The van der Waals surface area contributed by atoms with Crippen molar-refractivity contribution in [3.8, 4) is 0 Å². The molecule has 14 heavy (non-hydrogen) atoms. The number of carbonyl (C=O) groups is 1. The maximum absolute atomic E-state index is 12.6. The van der Waals surface area contributed by atoms with Gasteiger partial charge in [0.15, 0.2) is 0 Å². The number of nitrogens with one attached hydrogen (secondary N) is 1. The molecular weight excluding hydrogens is 194 g/mol. The third-order valence-electron chi connectivity index (χ3n) is 1.47. The molecule has 0 saturated carbocycles. The Morgan fingerprint density at radius 2 is 2.36 bits per heavy atom. The molecule has 0 bridgehead atoms. The fraction of sp³-hybridized carbons (Fsp3) is 0.250. The molecule has 76 valence electrons. The van der Waals surface area contributed by atoms with Crippen LogP contribution >= 0.6 is 0 Å². The number of aromatic carboxylic acids is 1. The Hall–Kier alpha value is -1.72. The van der Waals surface area contributed by atoms with Crippen molar-refractivity contribution in [2.75, 3.05) is 18.5 Å². The van der Waals surface area contributed by atoms with E-state index in [4.69, 9.17) is 5.11 Å². The van der Waals surface area contributed by atoms with E-state index in [1.807, 2.05) is 0 Å². The normalized spacial score (nSPS) is 9.86. The molecule has 0 aromatic carbocycles. The lowest BCUT2D eigenvalue weighted by atomic mass is 10.2. The molecule has 0 spiro atoms. The molecule has 2 N–H and O–H groups in total. The molecule has 1 heterocycles. The van der Waals surface area contributed by atoms with E-state index in [9.17, 15) is 13.6 Å². The number of alkyl halides is 1. The van der Waals surface area contributed by atoms with Gasteiger partial charge >= 0.3 is 5.97 Å². The molecule has 6 heteroatoms. The first-order valence-electron chi connectivity index (χ1n) is 3.84. The van der Waals surface area contributed by atoms with E-state index in [2.05, 4.69) is 10.3 Å². The molecule has 0 unspecified atom stereocenters. The Balaban J connectivity index is 2.96. The second-order valence-electron chi connectivity index (χ2n) is 2.47. The fourth-order valence-electron chi connectivity index (χ4n) is 0.909. The number of carboxylic acids is 1. The van der Waals surface area contributed by atoms with Crippen LogP contribution in [0.25, 0.3) is 0 Å². The molecule has 0 atom stereocenters. The van der Waals surface area contributed by atoms with Crippen LogP contribution in [0.4, 0.5) is 14.6 Å². The van der Waals surface area contributed by atoms with Gasteiger partial charge in [-0.15, -0.1) is 0 Å². The number of pyridine rings is 1. The smallest absolute Gasteiger partial charge is 0.339 e. The Labute approximate surface area is 78.6 Å². The molecule has 0 saturated heterocycles. The number of anilines is 1. The summed E-state index contributed by atoms with van der Waals surface area (Å²) < 4.78 is 24.4. The summed E-state index contributed by atoms with van der Waals surface area (Å²) in [5.74, 6) is -2.08. The number of aromatic nitrogens is 1. The maximum Gasteiger partial charge on any atom is 0.339 e. The molecule has 0 radical (unpaired) electrons. The number of carboxylic acid groups (broad SMARTS) is 1. The van der Waals surface area contributed by atoms with Gasteiger partial charge in [-0.1, -0.05) is 0 Å². The van der Waals surface area contributed by atoms with Gasteiger partial charge < -0.3 is 10.4 Å². The topological polar surface area (TPSA) is 62.2 Å². The minimum Gasteiger partial charge on any atom is -0.478 e. The zero-order valence-corrected chi connectivity index (χ0v) is 7.13. The highest BCUT2D eigenvalue weighted by atomic mass is 19.1. The molecule has 1 aromatic rings. The van der Waals surface area contributed by atoms with Crippen molar-refractivity contribution in [2.24, 2.45) is 0 Å². The van der Waals surface area contributed by atoms with Crippen molar-refractivity contribution in [1.29, 1.82) is 0 Å². The van der Waals surface area contributed by atoms with Crippen molar-refractivity contribution in [1.82, 2.24) is 4.98 Å². The molecule has 0 fully saturated rings. The number of hydrogen-bond acceptors (Lipinski definition) is 3. The zero-order valence-electron chi connectivity index (χ0n) is 7.13. The van der Waals surface area contributed by atoms with Crippen LogP contribution < -0.4 is 5.32 Å². The van der Waals surface area contributed by atoms with Crippen LogP contribution in [0.5, 0.6) is 0 Å². The molecule has 0 amide bonds. The summed E-state index contributed by atoms with van der Waals surface area (Å²) in [5.41, 5.74) is -0.307. The maximum atomic E-state index is 12.6. The van der Waals surface area contributed by atoms with Gasteiger partial charge in [-0.05, 0) is 6.07 Å². The summed E-state index contributed by atoms with van der Waals surface area (Å²) in [4.78, 5) is 14.1. The van der Waals surface area contributed by atoms with Crippen LogP contribution in [-0.4, -0.2) is 29.3 Å². The molecule has 0 aliphatic carbocycles. The van der Waals surface area contributed by atoms with Gasteiger partial charge in [-0.2, -0.15) is 0 Å². The van der Waals surface area contributed by atoms with Crippen LogP contribution in [0, 0.1) is 5.82 Å². The Kier molecular flexibility index (Phi) is 3.33. The van der Waals surface area contributed by atoms with Gasteiger partial charge in [0.25, 0.3) is 0 Å². The summed E-state index contributed by atoms with van der Waals surface area (Å²) in [7, 11) is 0. The first kappa shape index (κ1) is 10.4. The van der Waals surface area contributed by atoms with Gasteiger partial charge in [-0.3, -0.25) is 0 Å². The van der Waals surface area contributed by atoms with E-state index in [-0.39, 0.29) is 17.9 Å². The number of nitrogens with zero attached hydrogens (tertiary/aromatic N) is 1. The minimum atomic E-state index is -1.31. The summed E-state index contributed by atoms with van der Waals surface area (Å²) in [6.07, 6.45) is 0.868. The predicted molar refractivity (Wildman–Crippen MR) is 45.6 cm³/mol. The zero-order chi connectivity index (χ0) is 10.6. The number of halogens is 2. The van der Waals surface area contributed by atoms with Crippen LogP contribution in [0.1, 0.15) is 10.4 Å². The first-order chi connectivity index (χ1) is 6.65. The van der Waals surface area contributed by atoms with Crippen molar-refractivity contribution in [3.05, 3.63) is 23.6 Å². The Bertz CT molecular complexity index is 344. The fourth-order valence-corrected chi connectivity index (χ4v) is 0.909. The second-order valence-corrected chi connectivity index (χ2v) is 2.47. The van der Waals surface area contributed by atoms with Gasteiger partial charge in [0.2, 0.25) is 0 Å². The highest BCUT2D eigenvalue weighted by Gasteiger charge is 2.11. The van der Waals surface area contributed by atoms with Crippen LogP contribution in [-0.2, 0) is 0 Å². The van der Waals surface area contributed by atoms with Crippen LogP contribution in [0.2, 0.25) is 0 Å². The number of hydrogen-bond donors (Lipinski definition) is 2. The number of rotatable bonds is 4. The Morgan fingerprint density at radius 3 is 2.93 bits per heavy atom. The molecule has 0 aliphatic rings. The summed E-state index contributed by atoms with van der Waals surface area (Å²) in [5, 5.41) is 11.1. The quantitative estimate of drug-likeness (QED) is 0.772. The van der Waals surface area contributed by atoms with E-state index in [0.717, 1.165) is 12.3 Å². The summed E-state index contributed by atoms with van der Waals surface area (Å²) in [6, 6.07) is 0.829. The molecule has 1 rings (SSSR count). The highest BCUT2D eigenvalue weighted by Crippen LogP contribution is 2.12. The van der Waals surface area contributed by atoms with Crippen molar-refractivity contribution in [2.45, 2.75) is 0 Å². The van der Waals surface area contributed by atoms with Gasteiger partial charge in [0.05, 0.1) is 6.20 Å². The van der Waals surface area contributed by atoms with Gasteiger partial charge in [0, 0.05) is 6.54 Å². The van der Waals surface area contributed by atoms with E-state index >= 15 is 0 Å². The standard InChI is InChI=1S/C8H8F2N2O2/c9-1-2-11-7-6(8(13)14)3-5(10)4-12-7/h3-4H,1-2H2,(H,11,12)(H,13,14). The van der Waals surface area contributed by atoms with E-state index < -0.39 is 18.5 Å². The van der Waals surface area contributed by atoms with E-state index in [1.165, 1.54) is 0 Å². The molecular formula is C8H8F2N2O2. The van der Waals surface area contributed by atoms with E-state index in [0.29, 0.717) is 0 Å². The molecule has 0 aliphatic heterocycles. The second kappa shape index (κ2) is 4.50. The average molecular weight is 202 g/mol. The van der Waals surface area contributed by atoms with E-state index in [1.54, 1.807) is 0 Å². The van der Waals surface area contributed by atoms with Gasteiger partial charge in [-0.25, -0.2) is 18.6 Å². The third-order valence-corrected chi connectivity index (χ3v) is 1.47. The Morgan fingerprint density at radius 1 is 1.64 bits per heavy atom. The molecule has 4 nitrogen and oxygen atoms in total. The van der Waals surface area contributed by atoms with Crippen LogP contribution in [0.15, 0.2) is 12.3 Å². The van der Waals surface area contributed by atoms with Crippen LogP contribution in [0.3, 0.4) is 0 Å². The monoisotopic (exact) mass is 202 g/mol. The summed E-state index contributed by atoms with van der Waals surface area (Å²) in [6.45, 7) is -0.711. The molecule has 1 aromatic heterocycles. The predicted octanol–water partition coefficient (Wildman–Crippen LogP) is 1.30. The van der Waals surface area contributed by atoms with Crippen molar-refractivity contribution >= 4 is 11.8 Å². The van der Waals surface area contributed by atoms with Gasteiger partial charge in [0.1, 0.15) is 23.9 Å². The minimum absolute atomic E-state index is 0.0310. The largest absolute Gasteiger partial charge is 0.478 e. The lowest BCUT2D eigenvalue weighted by Gasteiger charge is -2.05. The highest BCUT2D eigenvalue weighted by molar-refractivity contribution is 5.93. The third kappa shape index (κ3) is 2.38.